The Labute approximate surface area is 129 Å². The second kappa shape index (κ2) is 7.87. The first-order valence-electron chi connectivity index (χ1n) is 7.00. The molecule has 0 aliphatic heterocycles. The molecular weight excluding hydrogens is 280 g/mol. The van der Waals surface area contributed by atoms with E-state index < -0.39 is 0 Å². The van der Waals surface area contributed by atoms with Crippen molar-refractivity contribution in [2.75, 3.05) is 13.1 Å². The van der Waals surface area contributed by atoms with E-state index in [1.165, 1.54) is 13.1 Å². The monoisotopic (exact) mass is 298 g/mol. The molecule has 6 heteroatoms. The summed E-state index contributed by atoms with van der Waals surface area (Å²) in [5, 5.41) is 2.78. The minimum Gasteiger partial charge on any atom is -0.350 e. The van der Waals surface area contributed by atoms with Gasteiger partial charge in [0.2, 0.25) is 5.91 Å². The van der Waals surface area contributed by atoms with Crippen molar-refractivity contribution in [3.8, 4) is 0 Å². The van der Waals surface area contributed by atoms with Crippen LogP contribution in [0.1, 0.15) is 23.0 Å². The van der Waals surface area contributed by atoms with Gasteiger partial charge in [0.15, 0.2) is 0 Å². The van der Waals surface area contributed by atoms with E-state index in [-0.39, 0.29) is 11.8 Å². The zero-order chi connectivity index (χ0) is 15.8. The van der Waals surface area contributed by atoms with E-state index in [2.05, 4.69) is 15.3 Å². The highest BCUT2D eigenvalue weighted by Crippen LogP contribution is 2.01. The maximum atomic E-state index is 11.9. The van der Waals surface area contributed by atoms with Crippen molar-refractivity contribution in [2.45, 2.75) is 13.5 Å². The third-order valence-corrected chi connectivity index (χ3v) is 3.12. The number of carbonyl (C=O) groups excluding carboxylic acids is 2. The van der Waals surface area contributed by atoms with Gasteiger partial charge in [-0.3, -0.25) is 19.6 Å². The van der Waals surface area contributed by atoms with Crippen LogP contribution in [0.2, 0.25) is 0 Å². The smallest absolute Gasteiger partial charge is 0.252 e. The predicted octanol–water partition coefficient (Wildman–Crippen LogP) is 1.26. The lowest BCUT2D eigenvalue weighted by molar-refractivity contribution is -0.129. The highest BCUT2D eigenvalue weighted by Gasteiger charge is 2.11. The maximum Gasteiger partial charge on any atom is 0.252 e. The number of amides is 2. The lowest BCUT2D eigenvalue weighted by Crippen LogP contribution is -2.37. The quantitative estimate of drug-likeness (QED) is 0.871. The molecule has 2 aromatic heterocycles. The van der Waals surface area contributed by atoms with Crippen LogP contribution >= 0.6 is 0 Å². The molecule has 0 aromatic carbocycles. The molecule has 0 radical (unpaired) electrons. The van der Waals surface area contributed by atoms with Gasteiger partial charge < -0.3 is 10.2 Å². The summed E-state index contributed by atoms with van der Waals surface area (Å²) in [6.45, 7) is 2.74. The number of hydrogen-bond donors (Lipinski definition) is 1. The largest absolute Gasteiger partial charge is 0.350 e. The molecule has 0 spiro atoms. The molecule has 114 valence electrons. The van der Waals surface area contributed by atoms with Crippen LogP contribution in [0.25, 0.3) is 0 Å². The second-order valence-corrected chi connectivity index (χ2v) is 4.76. The van der Waals surface area contributed by atoms with Crippen molar-refractivity contribution < 1.29 is 9.59 Å². The highest BCUT2D eigenvalue weighted by molar-refractivity contribution is 5.93. The fourth-order valence-corrected chi connectivity index (χ4v) is 1.94. The van der Waals surface area contributed by atoms with E-state index in [0.29, 0.717) is 25.2 Å². The Kier molecular flexibility index (Phi) is 5.59. The third-order valence-electron chi connectivity index (χ3n) is 3.12. The lowest BCUT2D eigenvalue weighted by Gasteiger charge is -2.20. The Morgan fingerprint density at radius 3 is 2.68 bits per heavy atom. The molecule has 0 bridgehead atoms. The summed E-state index contributed by atoms with van der Waals surface area (Å²) in [4.78, 5) is 33.3. The Hall–Kier alpha value is -2.76. The average molecular weight is 298 g/mol. The summed E-state index contributed by atoms with van der Waals surface area (Å²) >= 11 is 0. The number of rotatable bonds is 6. The number of nitrogens with one attached hydrogen (secondary N) is 1. The standard InChI is InChI=1S/C16H18N4O2/c1-13(21)20(12-15-6-2-3-8-18-15)10-9-19-16(22)14-5-4-7-17-11-14/h2-8,11H,9-10,12H2,1H3,(H,19,22). The van der Waals surface area contributed by atoms with Crippen molar-refractivity contribution >= 4 is 11.8 Å². The molecular formula is C16H18N4O2. The van der Waals surface area contributed by atoms with Gasteiger partial charge in [-0.1, -0.05) is 6.07 Å². The zero-order valence-electron chi connectivity index (χ0n) is 12.4. The Balaban J connectivity index is 1.85. The van der Waals surface area contributed by atoms with Gasteiger partial charge in [0.05, 0.1) is 17.8 Å². The number of nitrogens with zero attached hydrogens (tertiary/aromatic N) is 3. The summed E-state index contributed by atoms with van der Waals surface area (Å²) in [5.74, 6) is -0.254. The first kappa shape index (κ1) is 15.6. The lowest BCUT2D eigenvalue weighted by atomic mass is 10.2. The number of aromatic nitrogens is 2. The average Bonchev–Trinajstić information content (AvgIpc) is 2.55. The van der Waals surface area contributed by atoms with Crippen molar-refractivity contribution in [1.29, 1.82) is 0 Å². The fourth-order valence-electron chi connectivity index (χ4n) is 1.94. The number of pyridine rings is 2. The van der Waals surface area contributed by atoms with E-state index in [1.54, 1.807) is 29.4 Å². The SMILES string of the molecule is CC(=O)N(CCNC(=O)c1cccnc1)Cc1ccccn1. The van der Waals surface area contributed by atoms with Gasteiger partial charge in [-0.2, -0.15) is 0 Å². The Morgan fingerprint density at radius 2 is 2.05 bits per heavy atom. The summed E-state index contributed by atoms with van der Waals surface area (Å²) in [7, 11) is 0. The van der Waals surface area contributed by atoms with Crippen LogP contribution in [0.3, 0.4) is 0 Å². The van der Waals surface area contributed by atoms with Gasteiger partial charge in [0.25, 0.3) is 5.91 Å². The molecule has 0 aliphatic rings. The Bertz CT molecular complexity index is 617. The van der Waals surface area contributed by atoms with Gasteiger partial charge in [0, 0.05) is 38.6 Å². The van der Waals surface area contributed by atoms with Crippen LogP contribution in [-0.2, 0) is 11.3 Å². The van der Waals surface area contributed by atoms with E-state index in [1.807, 2.05) is 18.2 Å². The van der Waals surface area contributed by atoms with Gasteiger partial charge >= 0.3 is 0 Å². The summed E-state index contributed by atoms with van der Waals surface area (Å²) < 4.78 is 0. The van der Waals surface area contributed by atoms with Gasteiger partial charge in [-0.05, 0) is 24.3 Å². The van der Waals surface area contributed by atoms with Crippen LogP contribution in [0.4, 0.5) is 0 Å². The molecule has 1 N–H and O–H groups in total. The van der Waals surface area contributed by atoms with Crippen molar-refractivity contribution in [3.63, 3.8) is 0 Å². The van der Waals surface area contributed by atoms with E-state index in [4.69, 9.17) is 0 Å². The predicted molar refractivity (Wildman–Crippen MR) is 81.9 cm³/mol. The second-order valence-electron chi connectivity index (χ2n) is 4.76. The van der Waals surface area contributed by atoms with Gasteiger partial charge in [-0.15, -0.1) is 0 Å². The molecule has 0 atom stereocenters. The zero-order valence-corrected chi connectivity index (χ0v) is 12.4. The molecule has 0 fully saturated rings. The number of carbonyl (C=O) groups is 2. The minimum atomic E-state index is -0.200. The minimum absolute atomic E-state index is 0.0544. The summed E-state index contributed by atoms with van der Waals surface area (Å²) in [6, 6.07) is 8.97. The molecule has 0 aliphatic carbocycles. The molecule has 22 heavy (non-hydrogen) atoms. The molecule has 0 saturated heterocycles. The van der Waals surface area contributed by atoms with Crippen LogP contribution < -0.4 is 5.32 Å². The molecule has 6 nitrogen and oxygen atoms in total. The molecule has 2 rings (SSSR count). The molecule has 2 aromatic rings. The first-order chi connectivity index (χ1) is 10.7. The van der Waals surface area contributed by atoms with Crippen LogP contribution in [0.15, 0.2) is 48.9 Å². The van der Waals surface area contributed by atoms with Crippen molar-refractivity contribution in [3.05, 3.63) is 60.2 Å². The van der Waals surface area contributed by atoms with Gasteiger partial charge in [0.1, 0.15) is 0 Å². The molecule has 2 heterocycles. The van der Waals surface area contributed by atoms with E-state index >= 15 is 0 Å². The highest BCUT2D eigenvalue weighted by atomic mass is 16.2. The third kappa shape index (κ3) is 4.66. The summed E-state index contributed by atoms with van der Waals surface area (Å²) in [5.41, 5.74) is 1.32. The van der Waals surface area contributed by atoms with Crippen LogP contribution in [0, 0.1) is 0 Å². The number of hydrogen-bond acceptors (Lipinski definition) is 4. The fraction of sp³-hybridized carbons (Fsp3) is 0.250. The molecule has 0 saturated carbocycles. The molecule has 2 amide bonds. The van der Waals surface area contributed by atoms with Crippen LogP contribution in [-0.4, -0.2) is 39.8 Å². The van der Waals surface area contributed by atoms with Crippen LogP contribution in [0.5, 0.6) is 0 Å². The van der Waals surface area contributed by atoms with E-state index in [9.17, 15) is 9.59 Å². The van der Waals surface area contributed by atoms with Crippen molar-refractivity contribution in [2.24, 2.45) is 0 Å². The Morgan fingerprint density at radius 1 is 1.18 bits per heavy atom. The first-order valence-corrected chi connectivity index (χ1v) is 7.00. The normalized spacial score (nSPS) is 10.0. The van der Waals surface area contributed by atoms with Crippen molar-refractivity contribution in [1.82, 2.24) is 20.2 Å². The molecule has 0 unspecified atom stereocenters. The van der Waals surface area contributed by atoms with Gasteiger partial charge in [-0.25, -0.2) is 0 Å². The topological polar surface area (TPSA) is 75.2 Å². The van der Waals surface area contributed by atoms with E-state index in [0.717, 1.165) is 5.69 Å². The summed E-state index contributed by atoms with van der Waals surface area (Å²) in [6.07, 6.45) is 4.81. The maximum absolute atomic E-state index is 11.9.